The molecule has 0 aliphatic carbocycles. The van der Waals surface area contributed by atoms with E-state index in [9.17, 15) is 0 Å². The summed E-state index contributed by atoms with van der Waals surface area (Å²) in [5, 5.41) is 3.45. The lowest BCUT2D eigenvalue weighted by Crippen LogP contribution is -2.14. The van der Waals surface area contributed by atoms with Gasteiger partial charge in [0.05, 0.1) is 23.6 Å². The molecule has 3 nitrogen and oxygen atoms in total. The van der Waals surface area contributed by atoms with E-state index < -0.39 is 0 Å². The number of rotatable bonds is 3. The van der Waals surface area contributed by atoms with Gasteiger partial charge < -0.3 is 5.32 Å². The van der Waals surface area contributed by atoms with Crippen molar-refractivity contribution in [2.75, 3.05) is 6.54 Å². The van der Waals surface area contributed by atoms with Crippen LogP contribution < -0.4 is 5.32 Å². The van der Waals surface area contributed by atoms with Gasteiger partial charge in [0.15, 0.2) is 0 Å². The van der Waals surface area contributed by atoms with Gasteiger partial charge >= 0.3 is 0 Å². The van der Waals surface area contributed by atoms with Crippen LogP contribution in [0.25, 0.3) is 0 Å². The van der Waals surface area contributed by atoms with Crippen LogP contribution in [-0.4, -0.2) is 16.5 Å². The number of aryl methyl sites for hydroxylation is 1. The number of aromatic nitrogens is 2. The lowest BCUT2D eigenvalue weighted by atomic mass is 10.1. The van der Waals surface area contributed by atoms with Gasteiger partial charge in [-0.1, -0.05) is 29.8 Å². The van der Waals surface area contributed by atoms with Crippen molar-refractivity contribution in [2.45, 2.75) is 32.2 Å². The summed E-state index contributed by atoms with van der Waals surface area (Å²) in [5.74, 6) is 0. The first-order valence-corrected chi connectivity index (χ1v) is 6.91. The highest BCUT2D eigenvalue weighted by atomic mass is 15.0. The summed E-state index contributed by atoms with van der Waals surface area (Å²) >= 11 is 0. The Kier molecular flexibility index (Phi) is 3.56. The normalized spacial score (nSPS) is 18.7. The van der Waals surface area contributed by atoms with Crippen LogP contribution in [0, 0.1) is 6.92 Å². The number of nitrogens with zero attached hydrogens (tertiary/aromatic N) is 2. The SMILES string of the molecule is Cc1ccc(Cc2cnc(C3CCCN3)cn2)cc1. The van der Waals surface area contributed by atoms with Crippen molar-refractivity contribution in [3.63, 3.8) is 0 Å². The molecule has 1 aromatic carbocycles. The molecule has 1 saturated heterocycles. The summed E-state index contributed by atoms with van der Waals surface area (Å²) < 4.78 is 0. The minimum atomic E-state index is 0.404. The fraction of sp³-hybridized carbons (Fsp3) is 0.375. The second-order valence-corrected chi connectivity index (χ2v) is 5.24. The van der Waals surface area contributed by atoms with Gasteiger partial charge in [-0.15, -0.1) is 0 Å². The van der Waals surface area contributed by atoms with Crippen molar-refractivity contribution < 1.29 is 0 Å². The first-order chi connectivity index (χ1) is 9.31. The molecule has 0 amide bonds. The third kappa shape index (κ3) is 2.99. The summed E-state index contributed by atoms with van der Waals surface area (Å²) in [4.78, 5) is 9.09. The molecule has 3 heteroatoms. The van der Waals surface area contributed by atoms with Crippen molar-refractivity contribution >= 4 is 0 Å². The molecule has 98 valence electrons. The third-order valence-electron chi connectivity index (χ3n) is 3.65. The maximum absolute atomic E-state index is 4.55. The van der Waals surface area contributed by atoms with Gasteiger partial charge in [0, 0.05) is 12.6 Å². The summed E-state index contributed by atoms with van der Waals surface area (Å²) in [6, 6.07) is 8.99. The molecule has 1 unspecified atom stereocenters. The summed E-state index contributed by atoms with van der Waals surface area (Å²) in [5.41, 5.74) is 4.68. The molecule has 2 heterocycles. The van der Waals surface area contributed by atoms with Crippen molar-refractivity contribution in [3.8, 4) is 0 Å². The highest BCUT2D eigenvalue weighted by molar-refractivity contribution is 5.25. The smallest absolute Gasteiger partial charge is 0.0756 e. The Bertz CT molecular complexity index is 525. The maximum Gasteiger partial charge on any atom is 0.0756 e. The minimum Gasteiger partial charge on any atom is -0.309 e. The van der Waals surface area contributed by atoms with E-state index in [0.29, 0.717) is 6.04 Å². The molecule has 3 rings (SSSR count). The van der Waals surface area contributed by atoms with E-state index in [-0.39, 0.29) is 0 Å². The van der Waals surface area contributed by atoms with Crippen LogP contribution in [0.1, 0.15) is 41.4 Å². The summed E-state index contributed by atoms with van der Waals surface area (Å²) in [6.07, 6.45) is 7.09. The molecule has 1 aliphatic rings. The lowest BCUT2D eigenvalue weighted by Gasteiger charge is -2.09. The van der Waals surface area contributed by atoms with Gasteiger partial charge in [0.1, 0.15) is 0 Å². The molecule has 0 radical (unpaired) electrons. The van der Waals surface area contributed by atoms with Gasteiger partial charge in [-0.2, -0.15) is 0 Å². The Morgan fingerprint density at radius 1 is 1.16 bits per heavy atom. The monoisotopic (exact) mass is 253 g/mol. The fourth-order valence-electron chi connectivity index (χ4n) is 2.49. The van der Waals surface area contributed by atoms with E-state index in [1.165, 1.54) is 24.0 Å². The van der Waals surface area contributed by atoms with E-state index in [0.717, 1.165) is 24.4 Å². The Hall–Kier alpha value is -1.74. The van der Waals surface area contributed by atoms with Gasteiger partial charge in [-0.05, 0) is 31.9 Å². The molecule has 0 bridgehead atoms. The average molecular weight is 253 g/mol. The third-order valence-corrected chi connectivity index (χ3v) is 3.65. The van der Waals surface area contributed by atoms with Crippen LogP contribution in [0.15, 0.2) is 36.7 Å². The average Bonchev–Trinajstić information content (AvgIpc) is 2.96. The van der Waals surface area contributed by atoms with Crippen LogP contribution in [-0.2, 0) is 6.42 Å². The molecular weight excluding hydrogens is 234 g/mol. The highest BCUT2D eigenvalue weighted by Crippen LogP contribution is 2.20. The van der Waals surface area contributed by atoms with Crippen molar-refractivity contribution in [1.82, 2.24) is 15.3 Å². The molecule has 0 spiro atoms. The molecule has 1 aliphatic heterocycles. The second kappa shape index (κ2) is 5.49. The number of benzene rings is 1. The number of hydrogen-bond acceptors (Lipinski definition) is 3. The second-order valence-electron chi connectivity index (χ2n) is 5.24. The Morgan fingerprint density at radius 2 is 2.00 bits per heavy atom. The van der Waals surface area contributed by atoms with E-state index in [1.807, 2.05) is 12.4 Å². The molecule has 0 saturated carbocycles. The zero-order valence-corrected chi connectivity index (χ0v) is 11.3. The predicted molar refractivity (Wildman–Crippen MR) is 76.0 cm³/mol. The highest BCUT2D eigenvalue weighted by Gasteiger charge is 2.17. The summed E-state index contributed by atoms with van der Waals surface area (Å²) in [7, 11) is 0. The standard InChI is InChI=1S/C16H19N3/c1-12-4-6-13(7-5-12)9-14-10-19-16(11-18-14)15-3-2-8-17-15/h4-7,10-11,15,17H,2-3,8-9H2,1H3. The van der Waals surface area contributed by atoms with Crippen molar-refractivity contribution in [3.05, 3.63) is 59.2 Å². The van der Waals surface area contributed by atoms with Crippen LogP contribution in [0.5, 0.6) is 0 Å². The van der Waals surface area contributed by atoms with Gasteiger partial charge in [0.25, 0.3) is 0 Å². The molecule has 1 atom stereocenters. The van der Waals surface area contributed by atoms with Gasteiger partial charge in [-0.25, -0.2) is 0 Å². The van der Waals surface area contributed by atoms with Crippen LogP contribution in [0.2, 0.25) is 0 Å². The molecule has 1 aromatic heterocycles. The Morgan fingerprint density at radius 3 is 2.63 bits per heavy atom. The topological polar surface area (TPSA) is 37.8 Å². The molecular formula is C16H19N3. The van der Waals surface area contributed by atoms with Crippen LogP contribution >= 0.6 is 0 Å². The van der Waals surface area contributed by atoms with E-state index in [4.69, 9.17) is 0 Å². The van der Waals surface area contributed by atoms with E-state index in [2.05, 4.69) is 46.5 Å². The zero-order valence-electron chi connectivity index (χ0n) is 11.3. The first kappa shape index (κ1) is 12.3. The van der Waals surface area contributed by atoms with Crippen molar-refractivity contribution in [1.29, 1.82) is 0 Å². The molecule has 19 heavy (non-hydrogen) atoms. The van der Waals surface area contributed by atoms with Crippen LogP contribution in [0.3, 0.4) is 0 Å². The predicted octanol–water partition coefficient (Wildman–Crippen LogP) is 2.80. The van der Waals surface area contributed by atoms with Gasteiger partial charge in [-0.3, -0.25) is 9.97 Å². The quantitative estimate of drug-likeness (QED) is 0.914. The van der Waals surface area contributed by atoms with E-state index in [1.54, 1.807) is 0 Å². The Labute approximate surface area is 114 Å². The summed E-state index contributed by atoms with van der Waals surface area (Å²) in [6.45, 7) is 3.20. The minimum absolute atomic E-state index is 0.404. The number of nitrogens with one attached hydrogen (secondary N) is 1. The van der Waals surface area contributed by atoms with Crippen LogP contribution in [0.4, 0.5) is 0 Å². The zero-order chi connectivity index (χ0) is 13.1. The fourth-order valence-corrected chi connectivity index (χ4v) is 2.49. The Balaban J connectivity index is 1.70. The van der Waals surface area contributed by atoms with E-state index >= 15 is 0 Å². The first-order valence-electron chi connectivity index (χ1n) is 6.91. The molecule has 1 N–H and O–H groups in total. The molecule has 1 fully saturated rings. The van der Waals surface area contributed by atoms with Crippen molar-refractivity contribution in [2.24, 2.45) is 0 Å². The maximum atomic E-state index is 4.55. The van der Waals surface area contributed by atoms with Gasteiger partial charge in [0.2, 0.25) is 0 Å². The lowest BCUT2D eigenvalue weighted by molar-refractivity contribution is 0.622. The molecule has 2 aromatic rings. The number of hydrogen-bond donors (Lipinski definition) is 1. The largest absolute Gasteiger partial charge is 0.309 e.